The largest absolute Gasteiger partial charge is 0.394 e. The second-order valence-electron chi connectivity index (χ2n) is 10.5. The Hall–Kier alpha value is -0.870. The predicted octanol–water partition coefficient (Wildman–Crippen LogP) is 4.26. The van der Waals surface area contributed by atoms with Gasteiger partial charge in [-0.15, -0.1) is 0 Å². The molecule has 3 rings (SSSR count). The fourth-order valence-electron chi connectivity index (χ4n) is 6.70. The van der Waals surface area contributed by atoms with Gasteiger partial charge in [-0.05, 0) is 67.8 Å². The zero-order valence-electron chi connectivity index (χ0n) is 17.0. The molecule has 1 aromatic heterocycles. The lowest BCUT2D eigenvalue weighted by Crippen LogP contribution is -2.57. The lowest BCUT2D eigenvalue weighted by atomic mass is 9.48. The minimum atomic E-state index is -0.109. The summed E-state index contributed by atoms with van der Waals surface area (Å²) in [6, 6.07) is 0. The van der Waals surface area contributed by atoms with Crippen molar-refractivity contribution < 1.29 is 9.84 Å². The molecular formula is C21H36N2O2. The molecule has 3 atom stereocenters. The van der Waals surface area contributed by atoms with Gasteiger partial charge in [0.15, 0.2) is 0 Å². The lowest BCUT2D eigenvalue weighted by Gasteiger charge is -2.61. The Morgan fingerprint density at radius 1 is 1.08 bits per heavy atom. The fourth-order valence-corrected chi connectivity index (χ4v) is 6.70. The van der Waals surface area contributed by atoms with E-state index in [2.05, 4.69) is 51.3 Å². The molecule has 142 valence electrons. The Bertz CT molecular complexity index is 634. The van der Waals surface area contributed by atoms with Crippen LogP contribution in [0.15, 0.2) is 6.20 Å². The average Bonchev–Trinajstić information content (AvgIpc) is 2.72. The first-order valence-electron chi connectivity index (χ1n) is 9.73. The Morgan fingerprint density at radius 2 is 1.80 bits per heavy atom. The maximum absolute atomic E-state index is 9.35. The summed E-state index contributed by atoms with van der Waals surface area (Å²) in [5.41, 5.74) is 3.18. The van der Waals surface area contributed by atoms with Crippen molar-refractivity contribution in [3.8, 4) is 0 Å². The molecule has 2 aliphatic rings. The van der Waals surface area contributed by atoms with Crippen LogP contribution in [-0.2, 0) is 11.3 Å². The van der Waals surface area contributed by atoms with Gasteiger partial charge in [-0.1, -0.05) is 27.7 Å². The Morgan fingerprint density at radius 3 is 2.40 bits per heavy atom. The Balaban J connectivity index is 1.91. The van der Waals surface area contributed by atoms with Crippen LogP contribution in [0.5, 0.6) is 0 Å². The number of ether oxygens (including phenoxy) is 1. The average molecular weight is 349 g/mol. The van der Waals surface area contributed by atoms with Crippen molar-refractivity contribution in [2.45, 2.75) is 85.8 Å². The van der Waals surface area contributed by atoms with E-state index >= 15 is 0 Å². The summed E-state index contributed by atoms with van der Waals surface area (Å²) in [4.78, 5) is 0. The van der Waals surface area contributed by atoms with Crippen molar-refractivity contribution in [3.63, 3.8) is 0 Å². The minimum Gasteiger partial charge on any atom is -0.394 e. The van der Waals surface area contributed by atoms with E-state index in [4.69, 9.17) is 4.74 Å². The summed E-state index contributed by atoms with van der Waals surface area (Å²) in [6.07, 6.45) is 7.70. The van der Waals surface area contributed by atoms with Crippen LogP contribution < -0.4 is 0 Å². The molecule has 2 bridgehead atoms. The first kappa shape index (κ1) is 18.9. The van der Waals surface area contributed by atoms with E-state index in [0.717, 1.165) is 25.8 Å². The molecule has 1 aromatic rings. The number of fused-ring (bicyclic) bond motifs is 2. The first-order chi connectivity index (χ1) is 11.5. The fraction of sp³-hybridized carbons (Fsp3) is 0.857. The van der Waals surface area contributed by atoms with E-state index in [1.807, 2.05) is 6.20 Å². The summed E-state index contributed by atoms with van der Waals surface area (Å²) in [5.74, 6) is 0. The third-order valence-electron chi connectivity index (χ3n) is 6.44. The van der Waals surface area contributed by atoms with Crippen molar-refractivity contribution >= 4 is 0 Å². The Kier molecular flexibility index (Phi) is 4.61. The molecule has 0 spiro atoms. The van der Waals surface area contributed by atoms with Gasteiger partial charge < -0.3 is 9.84 Å². The molecule has 0 saturated heterocycles. The van der Waals surface area contributed by atoms with Gasteiger partial charge in [-0.25, -0.2) is 0 Å². The second-order valence-corrected chi connectivity index (χ2v) is 10.5. The van der Waals surface area contributed by atoms with E-state index in [1.165, 1.54) is 24.1 Å². The smallest absolute Gasteiger partial charge is 0.0705 e. The molecule has 4 heteroatoms. The van der Waals surface area contributed by atoms with E-state index < -0.39 is 0 Å². The second kappa shape index (κ2) is 6.09. The highest BCUT2D eigenvalue weighted by atomic mass is 16.5. The van der Waals surface area contributed by atoms with Gasteiger partial charge in [-0.2, -0.15) is 5.10 Å². The summed E-state index contributed by atoms with van der Waals surface area (Å²) in [6.45, 7) is 15.4. The topological polar surface area (TPSA) is 47.3 Å². The first-order valence-corrected chi connectivity index (χ1v) is 9.73. The van der Waals surface area contributed by atoms with Gasteiger partial charge in [0.25, 0.3) is 0 Å². The number of nitrogens with zero attached hydrogens (tertiary/aromatic N) is 2. The highest BCUT2D eigenvalue weighted by molar-refractivity contribution is 5.14. The van der Waals surface area contributed by atoms with Crippen LogP contribution in [0.2, 0.25) is 0 Å². The minimum absolute atomic E-state index is 0.104. The van der Waals surface area contributed by atoms with Gasteiger partial charge >= 0.3 is 0 Å². The highest BCUT2D eigenvalue weighted by Crippen LogP contribution is 2.63. The molecule has 3 unspecified atom stereocenters. The quantitative estimate of drug-likeness (QED) is 0.864. The number of aromatic nitrogens is 2. The molecule has 0 amide bonds. The van der Waals surface area contributed by atoms with Crippen LogP contribution in [0.4, 0.5) is 0 Å². The zero-order chi connectivity index (χ0) is 18.5. The van der Waals surface area contributed by atoms with Crippen LogP contribution in [-0.4, -0.2) is 33.7 Å². The van der Waals surface area contributed by atoms with Crippen molar-refractivity contribution in [1.29, 1.82) is 0 Å². The van der Waals surface area contributed by atoms with Gasteiger partial charge in [0.05, 0.1) is 25.0 Å². The number of aliphatic hydroxyl groups excluding tert-OH is 1. The van der Waals surface area contributed by atoms with Crippen LogP contribution in [0.1, 0.15) is 71.1 Å². The van der Waals surface area contributed by atoms with Crippen molar-refractivity contribution in [3.05, 3.63) is 17.5 Å². The molecular weight excluding hydrogens is 312 g/mol. The molecule has 1 N–H and O–H groups in total. The molecule has 0 radical (unpaired) electrons. The van der Waals surface area contributed by atoms with Crippen LogP contribution in [0, 0.1) is 30.1 Å². The van der Waals surface area contributed by atoms with E-state index in [1.54, 1.807) is 0 Å². The number of aliphatic hydroxyl groups is 1. The van der Waals surface area contributed by atoms with Crippen LogP contribution in [0.25, 0.3) is 0 Å². The maximum Gasteiger partial charge on any atom is 0.0705 e. The summed E-state index contributed by atoms with van der Waals surface area (Å²) in [7, 11) is 0. The number of aryl methyl sites for hydroxylation is 1. The van der Waals surface area contributed by atoms with Gasteiger partial charge in [0.2, 0.25) is 0 Å². The summed E-state index contributed by atoms with van der Waals surface area (Å²) < 4.78 is 8.57. The van der Waals surface area contributed by atoms with Crippen molar-refractivity contribution in [2.75, 3.05) is 13.2 Å². The van der Waals surface area contributed by atoms with Crippen molar-refractivity contribution in [1.82, 2.24) is 9.78 Å². The third kappa shape index (κ3) is 3.80. The van der Waals surface area contributed by atoms with E-state index in [9.17, 15) is 5.11 Å². The SMILES string of the molecule is Cc1cnn(CC2(C)CC3(C)CC(C)(C)CC(OCCO)(C2)C3)c1C. The molecule has 1 heterocycles. The molecule has 0 aliphatic heterocycles. The summed E-state index contributed by atoms with van der Waals surface area (Å²) >= 11 is 0. The number of rotatable bonds is 5. The molecule has 2 aliphatic carbocycles. The number of hydrogen-bond acceptors (Lipinski definition) is 3. The monoisotopic (exact) mass is 348 g/mol. The third-order valence-corrected chi connectivity index (χ3v) is 6.44. The zero-order valence-corrected chi connectivity index (χ0v) is 17.0. The van der Waals surface area contributed by atoms with Crippen LogP contribution in [0.3, 0.4) is 0 Å². The predicted molar refractivity (Wildman–Crippen MR) is 101 cm³/mol. The standard InChI is InChI=1S/C21H36N2O2/c1-16-9-22-23(17(16)2)15-20(6)12-19(5)10-18(3,4)11-21(13-19,14-20)25-8-7-24/h9,24H,7-8,10-15H2,1-6H3. The maximum atomic E-state index is 9.35. The van der Waals surface area contributed by atoms with Crippen LogP contribution >= 0.6 is 0 Å². The molecule has 2 saturated carbocycles. The molecule has 2 fully saturated rings. The lowest BCUT2D eigenvalue weighted by molar-refractivity contribution is -0.196. The van der Waals surface area contributed by atoms with Crippen molar-refractivity contribution in [2.24, 2.45) is 16.2 Å². The molecule has 0 aromatic carbocycles. The normalized spacial score (nSPS) is 37.2. The highest BCUT2D eigenvalue weighted by Gasteiger charge is 2.58. The molecule has 25 heavy (non-hydrogen) atoms. The number of hydrogen-bond donors (Lipinski definition) is 1. The van der Waals surface area contributed by atoms with E-state index in [-0.39, 0.29) is 17.6 Å². The Labute approximate surface area is 153 Å². The van der Waals surface area contributed by atoms with Gasteiger partial charge in [-0.3, -0.25) is 4.68 Å². The van der Waals surface area contributed by atoms with Gasteiger partial charge in [0.1, 0.15) is 0 Å². The van der Waals surface area contributed by atoms with E-state index in [0.29, 0.717) is 17.4 Å². The summed E-state index contributed by atoms with van der Waals surface area (Å²) in [5, 5.41) is 14.0. The molecule has 4 nitrogen and oxygen atoms in total. The van der Waals surface area contributed by atoms with Gasteiger partial charge in [0, 0.05) is 12.2 Å².